The summed E-state index contributed by atoms with van der Waals surface area (Å²) in [5.41, 5.74) is 1.14. The number of thioether (sulfide) groups is 1. The molecule has 0 atom stereocenters. The van der Waals surface area contributed by atoms with Gasteiger partial charge in [0.15, 0.2) is 0 Å². The molecule has 174 valence electrons. The van der Waals surface area contributed by atoms with Gasteiger partial charge in [-0.25, -0.2) is 4.98 Å². The number of nitrogens with one attached hydrogen (secondary N) is 1. The summed E-state index contributed by atoms with van der Waals surface area (Å²) < 4.78 is 0. The van der Waals surface area contributed by atoms with Crippen molar-refractivity contribution in [2.75, 3.05) is 51.6 Å². The van der Waals surface area contributed by atoms with Gasteiger partial charge in [-0.2, -0.15) is 0 Å². The lowest BCUT2D eigenvalue weighted by Gasteiger charge is -2.35. The summed E-state index contributed by atoms with van der Waals surface area (Å²) in [6, 6.07) is 0. The lowest BCUT2D eigenvalue weighted by molar-refractivity contribution is -0.133. The maximum Gasteiger partial charge on any atom is 0.259 e. The van der Waals surface area contributed by atoms with E-state index in [4.69, 9.17) is 0 Å². The molecule has 1 aliphatic heterocycles. The summed E-state index contributed by atoms with van der Waals surface area (Å²) in [7, 11) is 0. The molecule has 0 unspecified atom stereocenters. The SMILES string of the molecule is CCN(CC)C(=O)CN1CCN(C(=O)CSCc2nc3sc4c(c3c(=O)[nH]2)CCC4)CC1. The molecule has 1 aliphatic carbocycles. The van der Waals surface area contributed by atoms with E-state index in [1.807, 2.05) is 23.6 Å². The number of thiophene rings is 1. The third-order valence-electron chi connectivity index (χ3n) is 6.29. The van der Waals surface area contributed by atoms with Crippen LogP contribution in [-0.2, 0) is 28.2 Å². The van der Waals surface area contributed by atoms with Crippen LogP contribution >= 0.6 is 23.1 Å². The van der Waals surface area contributed by atoms with Crippen molar-refractivity contribution in [2.24, 2.45) is 0 Å². The molecule has 3 heterocycles. The zero-order valence-corrected chi connectivity index (χ0v) is 20.4. The van der Waals surface area contributed by atoms with E-state index < -0.39 is 0 Å². The summed E-state index contributed by atoms with van der Waals surface area (Å²) in [5.74, 6) is 1.77. The first kappa shape index (κ1) is 23.3. The molecular formula is C22H31N5O3S2. The van der Waals surface area contributed by atoms with Crippen LogP contribution in [0, 0.1) is 0 Å². The van der Waals surface area contributed by atoms with E-state index in [-0.39, 0.29) is 17.4 Å². The summed E-state index contributed by atoms with van der Waals surface area (Å²) in [5, 5.41) is 0.768. The fourth-order valence-corrected chi connectivity index (χ4v) is 6.53. The van der Waals surface area contributed by atoms with Crippen molar-refractivity contribution in [3.63, 3.8) is 0 Å². The summed E-state index contributed by atoms with van der Waals surface area (Å²) in [6.45, 7) is 8.60. The van der Waals surface area contributed by atoms with E-state index in [9.17, 15) is 14.4 Å². The molecule has 10 heteroatoms. The number of aromatic nitrogens is 2. The highest BCUT2D eigenvalue weighted by atomic mass is 32.2. The molecule has 1 saturated heterocycles. The van der Waals surface area contributed by atoms with E-state index >= 15 is 0 Å². The Morgan fingerprint density at radius 1 is 1.16 bits per heavy atom. The van der Waals surface area contributed by atoms with Gasteiger partial charge in [0.1, 0.15) is 10.7 Å². The fourth-order valence-electron chi connectivity index (χ4n) is 4.46. The largest absolute Gasteiger partial charge is 0.342 e. The first-order chi connectivity index (χ1) is 15.5. The van der Waals surface area contributed by atoms with Crippen LogP contribution < -0.4 is 5.56 Å². The Bertz CT molecular complexity index is 1040. The second-order valence-corrected chi connectivity index (χ2v) is 10.3. The zero-order valence-electron chi connectivity index (χ0n) is 18.8. The number of rotatable bonds is 8. The van der Waals surface area contributed by atoms with Gasteiger partial charge in [-0.3, -0.25) is 19.3 Å². The number of fused-ring (bicyclic) bond motifs is 3. The van der Waals surface area contributed by atoms with Crippen LogP contribution in [0.15, 0.2) is 4.79 Å². The molecule has 1 N–H and O–H groups in total. The van der Waals surface area contributed by atoms with Crippen LogP contribution in [-0.4, -0.2) is 88.0 Å². The van der Waals surface area contributed by atoms with Gasteiger partial charge in [-0.05, 0) is 38.7 Å². The van der Waals surface area contributed by atoms with Crippen LogP contribution in [0.1, 0.15) is 36.5 Å². The Hall–Kier alpha value is -1.91. The number of H-pyrrole nitrogens is 1. The highest BCUT2D eigenvalue weighted by Gasteiger charge is 2.24. The van der Waals surface area contributed by atoms with Crippen molar-refractivity contribution in [1.29, 1.82) is 0 Å². The van der Waals surface area contributed by atoms with Gasteiger partial charge in [0.2, 0.25) is 11.8 Å². The number of piperazine rings is 1. The van der Waals surface area contributed by atoms with Crippen molar-refractivity contribution >= 4 is 45.1 Å². The third-order valence-corrected chi connectivity index (χ3v) is 8.40. The quantitative estimate of drug-likeness (QED) is 0.623. The minimum Gasteiger partial charge on any atom is -0.342 e. The Morgan fingerprint density at radius 3 is 2.62 bits per heavy atom. The Kier molecular flexibility index (Phi) is 7.52. The average molecular weight is 478 g/mol. The van der Waals surface area contributed by atoms with Crippen LogP contribution in [0.25, 0.3) is 10.2 Å². The van der Waals surface area contributed by atoms with Gasteiger partial charge < -0.3 is 14.8 Å². The second-order valence-electron chi connectivity index (χ2n) is 8.27. The molecule has 2 amide bonds. The van der Waals surface area contributed by atoms with Crippen LogP contribution in [0.4, 0.5) is 0 Å². The molecule has 2 aromatic heterocycles. The normalized spacial score (nSPS) is 16.5. The van der Waals surface area contributed by atoms with Gasteiger partial charge in [0.25, 0.3) is 5.56 Å². The minimum atomic E-state index is -0.0493. The number of aryl methyl sites for hydroxylation is 2. The lowest BCUT2D eigenvalue weighted by atomic mass is 10.2. The smallest absolute Gasteiger partial charge is 0.259 e. The topological polar surface area (TPSA) is 89.6 Å². The Labute approximate surface area is 196 Å². The summed E-state index contributed by atoms with van der Waals surface area (Å²) >= 11 is 3.12. The monoisotopic (exact) mass is 477 g/mol. The zero-order chi connectivity index (χ0) is 22.7. The van der Waals surface area contributed by atoms with Crippen molar-refractivity contribution in [3.8, 4) is 0 Å². The molecule has 4 rings (SSSR count). The van der Waals surface area contributed by atoms with Crippen molar-refractivity contribution in [3.05, 3.63) is 26.6 Å². The second kappa shape index (κ2) is 10.4. The van der Waals surface area contributed by atoms with Gasteiger partial charge in [-0.15, -0.1) is 23.1 Å². The number of likely N-dealkylation sites (N-methyl/N-ethyl adjacent to an activating group) is 1. The summed E-state index contributed by atoms with van der Waals surface area (Å²) in [4.78, 5) is 53.0. The summed E-state index contributed by atoms with van der Waals surface area (Å²) in [6.07, 6.45) is 3.14. The van der Waals surface area contributed by atoms with E-state index in [1.165, 1.54) is 22.2 Å². The van der Waals surface area contributed by atoms with Crippen molar-refractivity contribution < 1.29 is 9.59 Å². The standard InChI is InChI=1S/C22H31N5O3S2/c1-3-26(4-2)18(28)12-25-8-10-27(11-9-25)19(29)14-31-13-17-23-21(30)20-15-6-5-7-16(15)32-22(20)24-17/h3-14H2,1-2H3,(H,23,24,30). The molecule has 0 bridgehead atoms. The first-order valence-corrected chi connectivity index (χ1v) is 13.4. The molecule has 32 heavy (non-hydrogen) atoms. The van der Waals surface area contributed by atoms with Crippen molar-refractivity contribution in [2.45, 2.75) is 38.9 Å². The minimum absolute atomic E-state index is 0.0493. The third kappa shape index (κ3) is 5.02. The molecule has 0 saturated carbocycles. The van der Waals surface area contributed by atoms with Crippen molar-refractivity contribution in [1.82, 2.24) is 24.7 Å². The van der Waals surface area contributed by atoms with E-state index in [1.54, 1.807) is 11.3 Å². The highest BCUT2D eigenvalue weighted by Crippen LogP contribution is 2.34. The van der Waals surface area contributed by atoms with Gasteiger partial charge in [0.05, 0.1) is 23.4 Å². The average Bonchev–Trinajstić information content (AvgIpc) is 3.36. The number of amides is 2. The Morgan fingerprint density at radius 2 is 1.91 bits per heavy atom. The lowest BCUT2D eigenvalue weighted by Crippen LogP contribution is -2.52. The number of carbonyl (C=O) groups excluding carboxylic acids is 2. The van der Waals surface area contributed by atoms with Gasteiger partial charge in [0, 0.05) is 44.1 Å². The maximum atomic E-state index is 12.6. The predicted octanol–water partition coefficient (Wildman–Crippen LogP) is 1.72. The molecule has 0 spiro atoms. The molecular weight excluding hydrogens is 446 g/mol. The molecule has 1 fully saturated rings. The number of nitrogens with zero attached hydrogens (tertiary/aromatic N) is 4. The van der Waals surface area contributed by atoms with Crippen LogP contribution in [0.2, 0.25) is 0 Å². The number of hydrogen-bond acceptors (Lipinski definition) is 7. The van der Waals surface area contributed by atoms with Crippen LogP contribution in [0.5, 0.6) is 0 Å². The molecule has 8 nitrogen and oxygen atoms in total. The molecule has 2 aliphatic rings. The van der Waals surface area contributed by atoms with Gasteiger partial charge >= 0.3 is 0 Å². The number of hydrogen-bond donors (Lipinski definition) is 1. The van der Waals surface area contributed by atoms with Crippen LogP contribution in [0.3, 0.4) is 0 Å². The molecule has 0 radical (unpaired) electrons. The number of aromatic amines is 1. The first-order valence-electron chi connectivity index (χ1n) is 11.4. The van der Waals surface area contributed by atoms with E-state index in [0.717, 1.165) is 55.7 Å². The van der Waals surface area contributed by atoms with E-state index in [2.05, 4.69) is 14.9 Å². The van der Waals surface area contributed by atoms with E-state index in [0.29, 0.717) is 37.0 Å². The Balaban J connectivity index is 1.24. The number of carbonyl (C=O) groups is 2. The maximum absolute atomic E-state index is 12.6. The fraction of sp³-hybridized carbons (Fsp3) is 0.636. The predicted molar refractivity (Wildman–Crippen MR) is 129 cm³/mol. The van der Waals surface area contributed by atoms with Gasteiger partial charge in [-0.1, -0.05) is 0 Å². The molecule has 2 aromatic rings. The highest BCUT2D eigenvalue weighted by molar-refractivity contribution is 7.99. The molecule has 0 aromatic carbocycles.